The molecule has 1 saturated heterocycles. The Hall–Kier alpha value is -2.33. The fourth-order valence-electron chi connectivity index (χ4n) is 4.28. The molecule has 0 spiro atoms. The molecule has 0 aliphatic carbocycles. The number of pyridine rings is 1. The van der Waals surface area contributed by atoms with Crippen molar-refractivity contribution in [3.8, 4) is 5.75 Å². The summed E-state index contributed by atoms with van der Waals surface area (Å²) in [5.41, 5.74) is 2.47. The highest BCUT2D eigenvalue weighted by Gasteiger charge is 2.33. The summed E-state index contributed by atoms with van der Waals surface area (Å²) in [5, 5.41) is 0. The summed E-state index contributed by atoms with van der Waals surface area (Å²) in [6, 6.07) is 13.8. The normalized spacial score (nSPS) is 22.8. The molecule has 1 fully saturated rings. The SMILES string of the molecule is COc1ccccc1/C=C/CN1C[C@@H]2C[C@@H](C1)c1cccc(=O)n1C2. The first-order valence-electron chi connectivity index (χ1n) is 8.96. The molecule has 130 valence electrons. The Labute approximate surface area is 148 Å². The van der Waals surface area contributed by atoms with E-state index in [0.717, 1.165) is 37.5 Å². The Morgan fingerprint density at radius 1 is 1.12 bits per heavy atom. The third-order valence-electron chi connectivity index (χ3n) is 5.36. The Morgan fingerprint density at radius 3 is 2.88 bits per heavy atom. The molecule has 2 aliphatic rings. The fourth-order valence-corrected chi connectivity index (χ4v) is 4.28. The van der Waals surface area contributed by atoms with Crippen molar-refractivity contribution in [1.29, 1.82) is 0 Å². The molecule has 2 bridgehead atoms. The minimum Gasteiger partial charge on any atom is -0.496 e. The summed E-state index contributed by atoms with van der Waals surface area (Å²) in [5.74, 6) is 1.95. The number of hydrogen-bond donors (Lipinski definition) is 0. The number of benzene rings is 1. The smallest absolute Gasteiger partial charge is 0.250 e. The lowest BCUT2D eigenvalue weighted by atomic mass is 9.83. The number of piperidine rings is 1. The number of hydrogen-bond acceptors (Lipinski definition) is 3. The predicted molar refractivity (Wildman–Crippen MR) is 100 cm³/mol. The van der Waals surface area contributed by atoms with Gasteiger partial charge in [-0.3, -0.25) is 9.69 Å². The van der Waals surface area contributed by atoms with Crippen molar-refractivity contribution in [3.63, 3.8) is 0 Å². The second kappa shape index (κ2) is 6.89. The molecule has 0 N–H and O–H groups in total. The molecule has 25 heavy (non-hydrogen) atoms. The average molecular weight is 336 g/mol. The fraction of sp³-hybridized carbons (Fsp3) is 0.381. The van der Waals surface area contributed by atoms with Crippen LogP contribution in [0.1, 0.15) is 23.6 Å². The molecular weight excluding hydrogens is 312 g/mol. The van der Waals surface area contributed by atoms with Gasteiger partial charge < -0.3 is 9.30 Å². The first kappa shape index (κ1) is 16.2. The van der Waals surface area contributed by atoms with E-state index >= 15 is 0 Å². The van der Waals surface area contributed by atoms with Gasteiger partial charge in [-0.1, -0.05) is 36.4 Å². The molecule has 4 heteroatoms. The molecule has 0 saturated carbocycles. The maximum atomic E-state index is 12.1. The van der Waals surface area contributed by atoms with E-state index in [1.807, 2.05) is 28.8 Å². The monoisotopic (exact) mass is 336 g/mol. The van der Waals surface area contributed by atoms with Crippen LogP contribution in [-0.4, -0.2) is 36.2 Å². The third kappa shape index (κ3) is 3.27. The molecule has 3 heterocycles. The van der Waals surface area contributed by atoms with Crippen LogP contribution in [-0.2, 0) is 6.54 Å². The summed E-state index contributed by atoms with van der Waals surface area (Å²) in [4.78, 5) is 14.6. The van der Waals surface area contributed by atoms with Gasteiger partial charge >= 0.3 is 0 Å². The number of fused-ring (bicyclic) bond motifs is 4. The molecule has 4 rings (SSSR count). The lowest BCUT2D eigenvalue weighted by molar-refractivity contribution is 0.131. The van der Waals surface area contributed by atoms with E-state index in [-0.39, 0.29) is 5.56 Å². The zero-order chi connectivity index (χ0) is 17.2. The topological polar surface area (TPSA) is 34.5 Å². The minimum atomic E-state index is 0.150. The lowest BCUT2D eigenvalue weighted by Gasteiger charge is -2.42. The van der Waals surface area contributed by atoms with E-state index in [9.17, 15) is 4.79 Å². The standard InChI is InChI=1S/C21H24N2O2/c1-25-20-9-3-2-6-17(20)7-5-11-22-13-16-12-18(15-22)19-8-4-10-21(24)23(19)14-16/h2-10,16,18H,11-15H2,1H3/b7-5+/t16-,18-/m0/s1. The largest absolute Gasteiger partial charge is 0.496 e. The van der Waals surface area contributed by atoms with E-state index in [0.29, 0.717) is 11.8 Å². The molecule has 0 amide bonds. The molecule has 4 nitrogen and oxygen atoms in total. The van der Waals surface area contributed by atoms with Gasteiger partial charge in [0.1, 0.15) is 5.75 Å². The maximum Gasteiger partial charge on any atom is 0.250 e. The number of aromatic nitrogens is 1. The van der Waals surface area contributed by atoms with Crippen molar-refractivity contribution in [1.82, 2.24) is 9.47 Å². The van der Waals surface area contributed by atoms with Crippen LogP contribution in [0.2, 0.25) is 0 Å². The first-order chi connectivity index (χ1) is 12.2. The van der Waals surface area contributed by atoms with Crippen LogP contribution in [0, 0.1) is 5.92 Å². The predicted octanol–water partition coefficient (Wildman–Crippen LogP) is 2.99. The summed E-state index contributed by atoms with van der Waals surface area (Å²) >= 11 is 0. The van der Waals surface area contributed by atoms with Gasteiger partial charge in [0, 0.05) is 49.4 Å². The van der Waals surface area contributed by atoms with Gasteiger partial charge in [-0.05, 0) is 24.5 Å². The van der Waals surface area contributed by atoms with E-state index in [2.05, 4.69) is 29.2 Å². The second-order valence-corrected chi connectivity index (χ2v) is 7.06. The van der Waals surface area contributed by atoms with Gasteiger partial charge in [-0.2, -0.15) is 0 Å². The van der Waals surface area contributed by atoms with Crippen molar-refractivity contribution < 1.29 is 4.74 Å². The Bertz CT molecular complexity index is 840. The lowest BCUT2D eigenvalue weighted by Crippen LogP contribution is -2.46. The number of ether oxygens (including phenoxy) is 1. The molecular formula is C21H24N2O2. The van der Waals surface area contributed by atoms with E-state index in [4.69, 9.17) is 4.74 Å². The van der Waals surface area contributed by atoms with Gasteiger partial charge in [0.05, 0.1) is 7.11 Å². The summed E-state index contributed by atoms with van der Waals surface area (Å²) in [7, 11) is 1.71. The molecule has 0 unspecified atom stereocenters. The van der Waals surface area contributed by atoms with E-state index < -0.39 is 0 Å². The van der Waals surface area contributed by atoms with E-state index in [1.165, 1.54) is 12.1 Å². The highest BCUT2D eigenvalue weighted by Crippen LogP contribution is 2.34. The highest BCUT2D eigenvalue weighted by atomic mass is 16.5. The summed E-state index contributed by atoms with van der Waals surface area (Å²) in [6.07, 6.45) is 5.56. The van der Waals surface area contributed by atoms with Crippen molar-refractivity contribution >= 4 is 6.08 Å². The first-order valence-corrected chi connectivity index (χ1v) is 8.96. The highest BCUT2D eigenvalue weighted by molar-refractivity contribution is 5.57. The third-order valence-corrected chi connectivity index (χ3v) is 5.36. The number of nitrogens with zero attached hydrogens (tertiary/aromatic N) is 2. The van der Waals surface area contributed by atoms with Gasteiger partial charge in [0.2, 0.25) is 0 Å². The average Bonchev–Trinajstić information content (AvgIpc) is 2.63. The molecule has 2 atom stereocenters. The number of para-hydroxylation sites is 1. The zero-order valence-electron chi connectivity index (χ0n) is 14.6. The maximum absolute atomic E-state index is 12.1. The van der Waals surface area contributed by atoms with Gasteiger partial charge in [-0.25, -0.2) is 0 Å². The van der Waals surface area contributed by atoms with Crippen molar-refractivity contribution in [2.75, 3.05) is 26.7 Å². The van der Waals surface area contributed by atoms with Crippen molar-refractivity contribution in [3.05, 3.63) is 70.2 Å². The van der Waals surface area contributed by atoms with E-state index in [1.54, 1.807) is 13.2 Å². The zero-order valence-corrected chi connectivity index (χ0v) is 14.6. The number of likely N-dealkylation sites (tertiary alicyclic amines) is 1. The van der Waals surface area contributed by atoms with Gasteiger partial charge in [0.25, 0.3) is 5.56 Å². The van der Waals surface area contributed by atoms with Gasteiger partial charge in [-0.15, -0.1) is 0 Å². The molecule has 1 aromatic heterocycles. The van der Waals surface area contributed by atoms with Crippen molar-refractivity contribution in [2.45, 2.75) is 18.9 Å². The quantitative estimate of drug-likeness (QED) is 0.861. The van der Waals surface area contributed by atoms with Crippen LogP contribution in [0.5, 0.6) is 5.75 Å². The Kier molecular flexibility index (Phi) is 4.45. The number of rotatable bonds is 4. The second-order valence-electron chi connectivity index (χ2n) is 7.06. The van der Waals surface area contributed by atoms with Crippen LogP contribution in [0.25, 0.3) is 6.08 Å². The van der Waals surface area contributed by atoms with Crippen molar-refractivity contribution in [2.24, 2.45) is 5.92 Å². The van der Waals surface area contributed by atoms with Crippen LogP contribution in [0.4, 0.5) is 0 Å². The molecule has 2 aliphatic heterocycles. The molecule has 1 aromatic carbocycles. The van der Waals surface area contributed by atoms with Crippen LogP contribution >= 0.6 is 0 Å². The van der Waals surface area contributed by atoms with Crippen LogP contribution < -0.4 is 10.3 Å². The van der Waals surface area contributed by atoms with Gasteiger partial charge in [0.15, 0.2) is 0 Å². The summed E-state index contributed by atoms with van der Waals surface area (Å²) in [6.45, 7) is 3.88. The Morgan fingerprint density at radius 2 is 2.00 bits per heavy atom. The molecule has 2 aromatic rings. The Balaban J connectivity index is 1.46. The van der Waals surface area contributed by atoms with Crippen LogP contribution in [0.15, 0.2) is 53.3 Å². The summed E-state index contributed by atoms with van der Waals surface area (Å²) < 4.78 is 7.39. The van der Waals surface area contributed by atoms with Crippen LogP contribution in [0.3, 0.4) is 0 Å². The molecule has 0 radical (unpaired) electrons. The minimum absolute atomic E-state index is 0.150. The number of methoxy groups -OCH3 is 1.